The van der Waals surface area contributed by atoms with Crippen molar-refractivity contribution in [2.75, 3.05) is 13.7 Å². The Labute approximate surface area is 53.9 Å². The van der Waals surface area contributed by atoms with Gasteiger partial charge in [0.05, 0.1) is 6.61 Å². The molecule has 0 saturated carbocycles. The number of hydrogen-bond donors (Lipinski definition) is 0. The van der Waals surface area contributed by atoms with Crippen molar-refractivity contribution in [3.05, 3.63) is 0 Å². The Bertz CT molecular complexity index is 183. The maximum Gasteiger partial charge on any atom is 0.294 e. The predicted molar refractivity (Wildman–Crippen MR) is 30.3 cm³/mol. The van der Waals surface area contributed by atoms with Crippen molar-refractivity contribution in [3.8, 4) is 0 Å². The zero-order valence-corrected chi connectivity index (χ0v) is 5.85. The second-order valence-corrected chi connectivity index (χ2v) is 3.52. The van der Waals surface area contributed by atoms with Crippen molar-refractivity contribution in [2.45, 2.75) is 11.9 Å². The van der Waals surface area contributed by atoms with E-state index >= 15 is 0 Å². The van der Waals surface area contributed by atoms with Crippen LogP contribution in [0.5, 0.6) is 0 Å². The SMILES string of the molecule is COC1CCOS1(=O)=O. The molecule has 0 aromatic rings. The zero-order chi connectivity index (χ0) is 6.91. The van der Waals surface area contributed by atoms with Gasteiger partial charge in [0.15, 0.2) is 5.44 Å². The third-order valence-corrected chi connectivity index (χ3v) is 2.75. The highest BCUT2D eigenvalue weighted by Gasteiger charge is 2.32. The van der Waals surface area contributed by atoms with E-state index in [-0.39, 0.29) is 6.61 Å². The molecule has 1 atom stereocenters. The van der Waals surface area contributed by atoms with E-state index in [9.17, 15) is 8.42 Å². The summed E-state index contributed by atoms with van der Waals surface area (Å²) in [6.07, 6.45) is 0.443. The average Bonchev–Trinajstić information content (AvgIpc) is 2.08. The van der Waals surface area contributed by atoms with E-state index in [1.807, 2.05) is 0 Å². The largest absolute Gasteiger partial charge is 0.363 e. The highest BCUT2D eigenvalue weighted by atomic mass is 32.2. The van der Waals surface area contributed by atoms with Crippen LogP contribution in [0.3, 0.4) is 0 Å². The Morgan fingerprint density at radius 2 is 2.33 bits per heavy atom. The zero-order valence-electron chi connectivity index (χ0n) is 5.03. The lowest BCUT2D eigenvalue weighted by atomic mass is 10.5. The van der Waals surface area contributed by atoms with Gasteiger partial charge in [0.25, 0.3) is 10.1 Å². The lowest BCUT2D eigenvalue weighted by molar-refractivity contribution is 0.165. The Kier molecular flexibility index (Phi) is 1.74. The number of hydrogen-bond acceptors (Lipinski definition) is 4. The first-order valence-electron chi connectivity index (χ1n) is 2.58. The van der Waals surface area contributed by atoms with Gasteiger partial charge in [-0.2, -0.15) is 8.42 Å². The first kappa shape index (κ1) is 6.98. The first-order valence-corrected chi connectivity index (χ1v) is 4.05. The highest BCUT2D eigenvalue weighted by molar-refractivity contribution is 7.87. The fourth-order valence-electron chi connectivity index (χ4n) is 0.716. The minimum absolute atomic E-state index is 0.251. The van der Waals surface area contributed by atoms with Crippen molar-refractivity contribution in [1.82, 2.24) is 0 Å². The number of methoxy groups -OCH3 is 1. The Balaban J connectivity index is 2.75. The first-order chi connectivity index (χ1) is 4.17. The molecule has 54 valence electrons. The van der Waals surface area contributed by atoms with E-state index in [1.54, 1.807) is 0 Å². The van der Waals surface area contributed by atoms with Gasteiger partial charge in [-0.15, -0.1) is 0 Å². The normalized spacial score (nSPS) is 32.8. The summed E-state index contributed by atoms with van der Waals surface area (Å²) in [7, 11) is -2.00. The summed E-state index contributed by atoms with van der Waals surface area (Å²) >= 11 is 0. The quantitative estimate of drug-likeness (QED) is 0.484. The predicted octanol–water partition coefficient (Wildman–Crippen LogP) is -0.291. The summed E-state index contributed by atoms with van der Waals surface area (Å²) in [6, 6.07) is 0. The number of rotatable bonds is 1. The van der Waals surface area contributed by atoms with E-state index in [2.05, 4.69) is 8.92 Å². The monoisotopic (exact) mass is 152 g/mol. The maximum absolute atomic E-state index is 10.6. The molecule has 0 aliphatic carbocycles. The summed E-state index contributed by atoms with van der Waals surface area (Å²) < 4.78 is 30.3. The van der Waals surface area contributed by atoms with Crippen LogP contribution >= 0.6 is 0 Å². The van der Waals surface area contributed by atoms with Gasteiger partial charge in [-0.05, 0) is 0 Å². The third kappa shape index (κ3) is 1.23. The van der Waals surface area contributed by atoms with Gasteiger partial charge in [0.1, 0.15) is 0 Å². The molecular formula is C4H8O4S. The fourth-order valence-corrected chi connectivity index (χ4v) is 1.82. The van der Waals surface area contributed by atoms with Crippen LogP contribution in [0.15, 0.2) is 0 Å². The average molecular weight is 152 g/mol. The van der Waals surface area contributed by atoms with Crippen molar-refractivity contribution in [1.29, 1.82) is 0 Å². The summed E-state index contributed by atoms with van der Waals surface area (Å²) in [5.74, 6) is 0. The Morgan fingerprint density at radius 1 is 1.67 bits per heavy atom. The fraction of sp³-hybridized carbons (Fsp3) is 1.00. The van der Waals surface area contributed by atoms with Crippen LogP contribution in [0.25, 0.3) is 0 Å². The summed E-state index contributed by atoms with van der Waals surface area (Å²) in [5, 5.41) is 0. The smallest absolute Gasteiger partial charge is 0.294 e. The molecule has 1 fully saturated rings. The molecule has 0 aromatic heterocycles. The van der Waals surface area contributed by atoms with Gasteiger partial charge < -0.3 is 4.74 Å². The summed E-state index contributed by atoms with van der Waals surface area (Å²) in [4.78, 5) is 0. The standard InChI is InChI=1S/C4H8O4S/c1-7-4-2-3-8-9(4,5)6/h4H,2-3H2,1H3. The number of ether oxygens (including phenoxy) is 1. The molecule has 1 heterocycles. The van der Waals surface area contributed by atoms with E-state index in [0.717, 1.165) is 0 Å². The van der Waals surface area contributed by atoms with E-state index in [0.29, 0.717) is 6.42 Å². The molecule has 0 amide bonds. The van der Waals surface area contributed by atoms with Gasteiger partial charge in [0, 0.05) is 13.5 Å². The molecule has 5 heteroatoms. The van der Waals surface area contributed by atoms with E-state index < -0.39 is 15.6 Å². The van der Waals surface area contributed by atoms with Gasteiger partial charge in [-0.25, -0.2) is 0 Å². The van der Waals surface area contributed by atoms with Crippen LogP contribution in [-0.4, -0.2) is 27.6 Å². The molecule has 9 heavy (non-hydrogen) atoms. The van der Waals surface area contributed by atoms with Crippen molar-refractivity contribution < 1.29 is 17.3 Å². The summed E-state index contributed by atoms with van der Waals surface area (Å²) in [6.45, 7) is 0.251. The molecule has 1 rings (SSSR count). The van der Waals surface area contributed by atoms with Crippen molar-refractivity contribution >= 4 is 10.1 Å². The Hall–Kier alpha value is -0.130. The van der Waals surface area contributed by atoms with Crippen LogP contribution in [-0.2, 0) is 19.0 Å². The van der Waals surface area contributed by atoms with Crippen LogP contribution in [0.1, 0.15) is 6.42 Å². The third-order valence-electron chi connectivity index (χ3n) is 1.19. The molecule has 4 nitrogen and oxygen atoms in total. The van der Waals surface area contributed by atoms with Gasteiger partial charge in [0.2, 0.25) is 0 Å². The van der Waals surface area contributed by atoms with Crippen LogP contribution < -0.4 is 0 Å². The van der Waals surface area contributed by atoms with E-state index in [1.165, 1.54) is 7.11 Å². The maximum atomic E-state index is 10.6. The molecule has 0 aromatic carbocycles. The molecule has 1 saturated heterocycles. The van der Waals surface area contributed by atoms with Gasteiger partial charge >= 0.3 is 0 Å². The lowest BCUT2D eigenvalue weighted by Crippen LogP contribution is -2.16. The van der Waals surface area contributed by atoms with E-state index in [4.69, 9.17) is 0 Å². The van der Waals surface area contributed by atoms with Crippen LogP contribution in [0, 0.1) is 0 Å². The topological polar surface area (TPSA) is 52.6 Å². The summed E-state index contributed by atoms with van der Waals surface area (Å²) in [5.41, 5.74) is -0.738. The van der Waals surface area contributed by atoms with Crippen molar-refractivity contribution in [3.63, 3.8) is 0 Å². The molecule has 1 aliphatic rings. The molecule has 0 radical (unpaired) electrons. The molecular weight excluding hydrogens is 144 g/mol. The second kappa shape index (κ2) is 2.24. The second-order valence-electron chi connectivity index (χ2n) is 1.77. The lowest BCUT2D eigenvalue weighted by Gasteiger charge is -2.01. The Morgan fingerprint density at radius 3 is 2.56 bits per heavy atom. The van der Waals surface area contributed by atoms with Crippen LogP contribution in [0.4, 0.5) is 0 Å². The minimum atomic E-state index is -3.36. The van der Waals surface area contributed by atoms with Crippen LogP contribution in [0.2, 0.25) is 0 Å². The van der Waals surface area contributed by atoms with Gasteiger partial charge in [-0.3, -0.25) is 4.18 Å². The van der Waals surface area contributed by atoms with Gasteiger partial charge in [-0.1, -0.05) is 0 Å². The molecule has 1 unspecified atom stereocenters. The van der Waals surface area contributed by atoms with Crippen molar-refractivity contribution in [2.24, 2.45) is 0 Å². The molecule has 0 N–H and O–H groups in total. The minimum Gasteiger partial charge on any atom is -0.363 e. The molecule has 0 bridgehead atoms. The molecule has 0 spiro atoms. The molecule has 1 aliphatic heterocycles. The highest BCUT2D eigenvalue weighted by Crippen LogP contribution is 2.16.